The molecule has 0 bridgehead atoms. The third-order valence-corrected chi connectivity index (χ3v) is 0. The van der Waals surface area contributed by atoms with E-state index in [0.29, 0.717) is 0 Å². The molecule has 0 heterocycles. The van der Waals surface area contributed by atoms with Crippen LogP contribution in [0.3, 0.4) is 0 Å². The quantitative estimate of drug-likeness (QED) is 0.401. The van der Waals surface area contributed by atoms with Crippen LogP contribution in [0.15, 0.2) is 0 Å². The summed E-state index contributed by atoms with van der Waals surface area (Å²) in [6.45, 7) is 0. The molecule has 4 heavy (non-hydrogen) atoms. The molecule has 0 saturated carbocycles. The molecule has 0 spiro atoms. The minimum atomic E-state index is 0. The Morgan fingerprint density at radius 3 is 1.00 bits per heavy atom. The van der Waals surface area contributed by atoms with Crippen molar-refractivity contribution in [2.75, 3.05) is 0 Å². The summed E-state index contributed by atoms with van der Waals surface area (Å²) in [4.78, 5) is 0. The van der Waals surface area contributed by atoms with E-state index in [1.54, 1.807) is 0 Å². The zero-order valence-electron chi connectivity index (χ0n) is 0.302. The molecule has 4 heteroatoms. The predicted molar refractivity (Wildman–Crippen MR) is 31.2 cm³/mol. The van der Waals surface area contributed by atoms with Gasteiger partial charge in [-0.2, -0.15) is 0 Å². The number of rotatable bonds is 0. The SMILES string of the molecule is [Cu].[GaH3].[InH3].[SiH4]. The molecule has 0 nitrogen and oxygen atoms in total. The number of hydrogen-bond acceptors (Lipinski definition) is 0. The van der Waals surface area contributed by atoms with E-state index in [4.69, 9.17) is 0 Å². The van der Waals surface area contributed by atoms with Gasteiger partial charge in [0.1, 0.15) is 0 Å². The largest absolute Gasteiger partial charge is 0.0149 e. The summed E-state index contributed by atoms with van der Waals surface area (Å²) in [6.07, 6.45) is 0. The second-order valence-corrected chi connectivity index (χ2v) is 0. The van der Waals surface area contributed by atoms with E-state index in [9.17, 15) is 0 Å². The Hall–Kier alpha value is 2.24. The molecule has 0 aromatic carbocycles. The van der Waals surface area contributed by atoms with Crippen molar-refractivity contribution in [3.63, 3.8) is 0 Å². The van der Waals surface area contributed by atoms with E-state index < -0.39 is 0 Å². The first-order valence-electron chi connectivity index (χ1n) is 0. The Morgan fingerprint density at radius 1 is 1.00 bits per heavy atom. The molecule has 0 rings (SSSR count). The summed E-state index contributed by atoms with van der Waals surface area (Å²) in [5.74, 6) is 0. The molecular weight excluding hydrogens is 276 g/mol. The maximum absolute atomic E-state index is 0. The second kappa shape index (κ2) is 18.8. The van der Waals surface area contributed by atoms with Gasteiger partial charge in [0.2, 0.25) is 0 Å². The second-order valence-electron chi connectivity index (χ2n) is 0. The van der Waals surface area contributed by atoms with E-state index in [1.165, 1.54) is 0 Å². The van der Waals surface area contributed by atoms with Crippen LogP contribution in [0.25, 0.3) is 0 Å². The molecule has 0 amide bonds. The Morgan fingerprint density at radius 2 is 1.00 bits per heavy atom. The van der Waals surface area contributed by atoms with Gasteiger partial charge in [0, 0.05) is 17.1 Å². The molecule has 0 N–H and O–H groups in total. The molecule has 0 saturated heterocycles. The smallest absolute Gasteiger partial charge is 0.0149 e. The summed E-state index contributed by atoms with van der Waals surface area (Å²) in [5.41, 5.74) is 0. The maximum Gasteiger partial charge on any atom is -0.0149 e. The van der Waals surface area contributed by atoms with Crippen molar-refractivity contribution in [3.8, 4) is 0 Å². The first-order valence-corrected chi connectivity index (χ1v) is 0. The van der Waals surface area contributed by atoms with Crippen LogP contribution >= 0.6 is 0 Å². The summed E-state index contributed by atoms with van der Waals surface area (Å²) < 4.78 is 0. The molecule has 1 radical (unpaired) electrons. The summed E-state index contributed by atoms with van der Waals surface area (Å²) in [6, 6.07) is 0. The maximum atomic E-state index is 0. The van der Waals surface area contributed by atoms with Crippen molar-refractivity contribution in [3.05, 3.63) is 0 Å². The molecule has 0 fully saturated rings. The standard InChI is InChI=1S/Cu.Ga.In.H4Si.6H/h;;;1H4;;;;;;. The van der Waals surface area contributed by atoms with Crippen molar-refractivity contribution in [2.45, 2.75) is 0 Å². The van der Waals surface area contributed by atoms with Crippen molar-refractivity contribution >= 4 is 56.6 Å². The monoisotopic (exact) mass is 285 g/mol. The molecular formula is H10CuGaInSi. The van der Waals surface area contributed by atoms with Crippen molar-refractivity contribution in [1.29, 1.82) is 0 Å². The van der Waals surface area contributed by atoms with E-state index in [1.807, 2.05) is 0 Å². The zero-order chi connectivity index (χ0) is 0. The molecule has 0 aliphatic carbocycles. The molecule has 0 aliphatic rings. The molecule has 0 aliphatic heterocycles. The first kappa shape index (κ1) is 34.1. The number of hydrogen-bond donors (Lipinski definition) is 0. The van der Waals surface area contributed by atoms with Gasteiger partial charge in [0.05, 0.1) is 0 Å². The van der Waals surface area contributed by atoms with Crippen molar-refractivity contribution < 1.29 is 17.1 Å². The van der Waals surface area contributed by atoms with Crippen LogP contribution in [-0.4, -0.2) is 56.6 Å². The van der Waals surface area contributed by atoms with Crippen molar-refractivity contribution in [2.24, 2.45) is 0 Å². The van der Waals surface area contributed by atoms with E-state index in [2.05, 4.69) is 0 Å². The van der Waals surface area contributed by atoms with Gasteiger partial charge < -0.3 is 0 Å². The van der Waals surface area contributed by atoms with Gasteiger partial charge in [-0.25, -0.2) is 0 Å². The van der Waals surface area contributed by atoms with E-state index >= 15 is 0 Å². The van der Waals surface area contributed by atoms with E-state index in [0.717, 1.165) is 0 Å². The Kier molecular flexibility index (Phi) is 160. The van der Waals surface area contributed by atoms with Gasteiger partial charge in [-0.05, 0) is 11.0 Å². The van der Waals surface area contributed by atoms with Crippen LogP contribution in [0.4, 0.5) is 0 Å². The van der Waals surface area contributed by atoms with Gasteiger partial charge >= 0.3 is 45.6 Å². The van der Waals surface area contributed by atoms with Gasteiger partial charge in [-0.3, -0.25) is 0 Å². The third-order valence-electron chi connectivity index (χ3n) is 0. The van der Waals surface area contributed by atoms with E-state index in [-0.39, 0.29) is 73.7 Å². The summed E-state index contributed by atoms with van der Waals surface area (Å²) in [7, 11) is 0. The first-order chi connectivity index (χ1) is 0. The average Bonchev–Trinajstić information content (AvgIpc) is 0. The molecule has 31 valence electrons. The minimum Gasteiger partial charge on any atom is -0.0149 e. The fourth-order valence-electron chi connectivity index (χ4n) is 0. The van der Waals surface area contributed by atoms with Gasteiger partial charge in [0.25, 0.3) is 0 Å². The van der Waals surface area contributed by atoms with Crippen LogP contribution in [0.5, 0.6) is 0 Å². The predicted octanol–water partition coefficient (Wildman–Crippen LogP) is -3.82. The van der Waals surface area contributed by atoms with Crippen LogP contribution in [-0.2, 0) is 17.1 Å². The fraction of sp³-hybridized carbons (Fsp3) is 0. The fourth-order valence-corrected chi connectivity index (χ4v) is 0. The average molecular weight is 286 g/mol. The Labute approximate surface area is 72.8 Å². The van der Waals surface area contributed by atoms with Crippen molar-refractivity contribution in [1.82, 2.24) is 0 Å². The van der Waals surface area contributed by atoms with Crippen LogP contribution < -0.4 is 0 Å². The third kappa shape index (κ3) is 8.87. The van der Waals surface area contributed by atoms with Crippen LogP contribution in [0.2, 0.25) is 0 Å². The molecule has 0 aromatic heterocycles. The Bertz CT molecular complexity index is 8.00. The Balaban J connectivity index is 0. The molecule has 0 aromatic rings. The zero-order valence-corrected chi connectivity index (χ0v) is 1.24. The summed E-state index contributed by atoms with van der Waals surface area (Å²) >= 11 is 0. The topological polar surface area (TPSA) is 0 Å². The van der Waals surface area contributed by atoms with Crippen LogP contribution in [0, 0.1) is 0 Å². The normalized spacial score (nSPS) is 0. The molecule has 0 atom stereocenters. The molecule has 0 unspecified atom stereocenters. The van der Waals surface area contributed by atoms with Gasteiger partial charge in [-0.15, -0.1) is 0 Å². The van der Waals surface area contributed by atoms with Gasteiger partial charge in [-0.1, -0.05) is 0 Å². The van der Waals surface area contributed by atoms with Crippen LogP contribution in [0.1, 0.15) is 0 Å². The minimum absolute atomic E-state index is 0. The summed E-state index contributed by atoms with van der Waals surface area (Å²) in [5, 5.41) is 0. The van der Waals surface area contributed by atoms with Gasteiger partial charge in [0.15, 0.2) is 0 Å².